The number of hydrogen-bond acceptors (Lipinski definition) is 4. The highest BCUT2D eigenvalue weighted by Gasteiger charge is 2.34. The van der Waals surface area contributed by atoms with E-state index in [1.165, 1.54) is 12.4 Å². The number of carbonyl (C=O) groups is 1. The van der Waals surface area contributed by atoms with Gasteiger partial charge in [-0.15, -0.1) is 0 Å². The lowest BCUT2D eigenvalue weighted by atomic mass is 10.2. The Morgan fingerprint density at radius 2 is 1.78 bits per heavy atom. The largest absolute Gasteiger partial charge is 0.419 e. The summed E-state index contributed by atoms with van der Waals surface area (Å²) >= 11 is 0. The van der Waals surface area contributed by atoms with E-state index in [1.54, 1.807) is 30.3 Å². The number of carbonyl (C=O) groups excluding carboxylic acids is 1. The minimum Gasteiger partial charge on any atom is -0.351 e. The first-order valence-electron chi connectivity index (χ1n) is 8.93. The minimum atomic E-state index is -5.01. The highest BCUT2D eigenvalue weighted by Crippen LogP contribution is 2.33. The van der Waals surface area contributed by atoms with Gasteiger partial charge in [0.15, 0.2) is 0 Å². The van der Waals surface area contributed by atoms with Crippen molar-refractivity contribution in [1.82, 2.24) is 4.98 Å². The SMILES string of the molecule is NC(=O)N(Cc1cnccc1S(=O)(=O)Nc1ccc(F)c(C(F)(F)F)c1)c1ccccc1. The van der Waals surface area contributed by atoms with Crippen molar-refractivity contribution in [2.75, 3.05) is 9.62 Å². The number of urea groups is 1. The summed E-state index contributed by atoms with van der Waals surface area (Å²) in [6.07, 6.45) is -2.65. The number of nitrogens with zero attached hydrogens (tertiary/aromatic N) is 2. The first kappa shape index (κ1) is 23.0. The number of halogens is 4. The molecule has 0 saturated carbocycles. The molecule has 2 amide bonds. The van der Waals surface area contributed by atoms with Crippen LogP contribution in [-0.2, 0) is 22.7 Å². The highest BCUT2D eigenvalue weighted by atomic mass is 32.2. The Kier molecular flexibility index (Phi) is 6.35. The summed E-state index contributed by atoms with van der Waals surface area (Å²) in [6.45, 7) is -0.277. The van der Waals surface area contributed by atoms with E-state index in [-0.39, 0.29) is 17.0 Å². The van der Waals surface area contributed by atoms with Crippen molar-refractivity contribution in [2.24, 2.45) is 5.73 Å². The zero-order valence-corrected chi connectivity index (χ0v) is 17.0. The summed E-state index contributed by atoms with van der Waals surface area (Å²) in [5.41, 5.74) is 3.78. The van der Waals surface area contributed by atoms with Crippen LogP contribution in [0.1, 0.15) is 11.1 Å². The van der Waals surface area contributed by atoms with Gasteiger partial charge in [0.05, 0.1) is 17.0 Å². The van der Waals surface area contributed by atoms with Gasteiger partial charge in [0.2, 0.25) is 0 Å². The number of pyridine rings is 1. The van der Waals surface area contributed by atoms with Gasteiger partial charge in [-0.2, -0.15) is 13.2 Å². The zero-order valence-electron chi connectivity index (χ0n) is 16.2. The number of primary amides is 1. The molecule has 0 aliphatic heterocycles. The lowest BCUT2D eigenvalue weighted by Crippen LogP contribution is -2.35. The maximum Gasteiger partial charge on any atom is 0.419 e. The maximum atomic E-state index is 13.5. The summed E-state index contributed by atoms with van der Waals surface area (Å²) in [6, 6.07) is 10.2. The van der Waals surface area contributed by atoms with Gasteiger partial charge in [0, 0.05) is 29.3 Å². The van der Waals surface area contributed by atoms with Crippen LogP contribution < -0.4 is 15.4 Å². The van der Waals surface area contributed by atoms with Crippen LogP contribution in [0.2, 0.25) is 0 Å². The Morgan fingerprint density at radius 3 is 2.41 bits per heavy atom. The number of alkyl halides is 3. The second kappa shape index (κ2) is 8.83. The molecule has 1 aromatic heterocycles. The molecule has 12 heteroatoms. The van der Waals surface area contributed by atoms with E-state index in [0.29, 0.717) is 17.8 Å². The Morgan fingerprint density at radius 1 is 1.09 bits per heavy atom. The molecule has 32 heavy (non-hydrogen) atoms. The molecular formula is C20H16F4N4O3S. The highest BCUT2D eigenvalue weighted by molar-refractivity contribution is 7.92. The number of sulfonamides is 1. The molecule has 0 aliphatic carbocycles. The van der Waals surface area contributed by atoms with E-state index in [9.17, 15) is 30.8 Å². The molecule has 3 N–H and O–H groups in total. The monoisotopic (exact) mass is 468 g/mol. The molecule has 0 spiro atoms. The molecular weight excluding hydrogens is 452 g/mol. The average Bonchev–Trinajstić information content (AvgIpc) is 2.73. The summed E-state index contributed by atoms with van der Waals surface area (Å²) < 4.78 is 80.2. The smallest absolute Gasteiger partial charge is 0.351 e. The number of para-hydroxylation sites is 1. The van der Waals surface area contributed by atoms with Crippen LogP contribution >= 0.6 is 0 Å². The number of rotatable bonds is 6. The molecule has 2 aromatic carbocycles. The third-order valence-electron chi connectivity index (χ3n) is 4.33. The lowest BCUT2D eigenvalue weighted by molar-refractivity contribution is -0.139. The molecule has 0 fully saturated rings. The number of benzene rings is 2. The average molecular weight is 468 g/mol. The van der Waals surface area contributed by atoms with Crippen molar-refractivity contribution >= 4 is 27.4 Å². The van der Waals surface area contributed by atoms with Crippen LogP contribution in [0, 0.1) is 5.82 Å². The van der Waals surface area contributed by atoms with Gasteiger partial charge in [0.1, 0.15) is 5.82 Å². The molecule has 7 nitrogen and oxygen atoms in total. The molecule has 0 bridgehead atoms. The van der Waals surface area contributed by atoms with Crippen molar-refractivity contribution in [3.05, 3.63) is 83.9 Å². The summed E-state index contributed by atoms with van der Waals surface area (Å²) in [7, 11) is -4.43. The van der Waals surface area contributed by atoms with Gasteiger partial charge in [-0.25, -0.2) is 17.6 Å². The molecule has 3 rings (SSSR count). The predicted molar refractivity (Wildman–Crippen MR) is 109 cm³/mol. The van der Waals surface area contributed by atoms with E-state index in [2.05, 4.69) is 4.98 Å². The molecule has 3 aromatic rings. The van der Waals surface area contributed by atoms with Crippen molar-refractivity contribution in [1.29, 1.82) is 0 Å². The maximum absolute atomic E-state index is 13.5. The van der Waals surface area contributed by atoms with Crippen LogP contribution in [-0.4, -0.2) is 19.4 Å². The standard InChI is InChI=1S/C20H16F4N4O3S/c21-17-7-6-14(10-16(17)20(22,23)24)27-32(30,31)18-8-9-26-11-13(18)12-28(19(25)29)15-4-2-1-3-5-15/h1-11,27H,12H2,(H2,25,29). The Bertz CT molecular complexity index is 1240. The molecule has 0 radical (unpaired) electrons. The van der Waals surface area contributed by atoms with Crippen molar-refractivity contribution in [3.8, 4) is 0 Å². The molecule has 0 saturated heterocycles. The Labute approximate surface area is 180 Å². The van der Waals surface area contributed by atoms with Gasteiger partial charge in [0.25, 0.3) is 10.0 Å². The van der Waals surface area contributed by atoms with Gasteiger partial charge in [-0.3, -0.25) is 14.6 Å². The molecule has 0 aliphatic rings. The van der Waals surface area contributed by atoms with E-state index < -0.39 is 39.3 Å². The Hall–Kier alpha value is -3.67. The van der Waals surface area contributed by atoms with Gasteiger partial charge in [-0.05, 0) is 36.4 Å². The second-order valence-electron chi connectivity index (χ2n) is 6.54. The summed E-state index contributed by atoms with van der Waals surface area (Å²) in [5, 5.41) is 0. The van der Waals surface area contributed by atoms with Gasteiger partial charge >= 0.3 is 12.2 Å². The third-order valence-corrected chi connectivity index (χ3v) is 5.82. The number of nitrogens with two attached hydrogens (primary N) is 1. The molecule has 168 valence electrons. The van der Waals surface area contributed by atoms with Crippen molar-refractivity contribution in [2.45, 2.75) is 17.6 Å². The molecule has 1 heterocycles. The molecule has 0 unspecified atom stereocenters. The summed E-state index contributed by atoms with van der Waals surface area (Å²) in [4.78, 5) is 16.6. The van der Waals surface area contributed by atoms with E-state index in [1.807, 2.05) is 4.72 Å². The fourth-order valence-electron chi connectivity index (χ4n) is 2.89. The lowest BCUT2D eigenvalue weighted by Gasteiger charge is -2.22. The first-order valence-corrected chi connectivity index (χ1v) is 10.4. The second-order valence-corrected chi connectivity index (χ2v) is 8.19. The number of anilines is 2. The minimum absolute atomic E-state index is 0.0563. The quantitative estimate of drug-likeness (QED) is 0.531. The Balaban J connectivity index is 1.96. The summed E-state index contributed by atoms with van der Waals surface area (Å²) in [5.74, 6) is -1.54. The zero-order chi connectivity index (χ0) is 23.5. The number of aromatic nitrogens is 1. The topological polar surface area (TPSA) is 105 Å². The normalized spacial score (nSPS) is 11.8. The van der Waals surface area contributed by atoms with Crippen molar-refractivity contribution < 1.29 is 30.8 Å². The molecule has 0 atom stereocenters. The fraction of sp³-hybridized carbons (Fsp3) is 0.100. The number of amides is 2. The predicted octanol–water partition coefficient (Wildman–Crippen LogP) is 4.13. The van der Waals surface area contributed by atoms with Crippen LogP contribution in [0.25, 0.3) is 0 Å². The van der Waals surface area contributed by atoms with Crippen LogP contribution in [0.3, 0.4) is 0 Å². The van der Waals surface area contributed by atoms with E-state index >= 15 is 0 Å². The van der Waals surface area contributed by atoms with Crippen LogP contribution in [0.15, 0.2) is 71.9 Å². The number of nitrogens with one attached hydrogen (secondary N) is 1. The van der Waals surface area contributed by atoms with E-state index in [4.69, 9.17) is 5.73 Å². The van der Waals surface area contributed by atoms with Gasteiger partial charge in [-0.1, -0.05) is 18.2 Å². The van der Waals surface area contributed by atoms with Crippen molar-refractivity contribution in [3.63, 3.8) is 0 Å². The van der Waals surface area contributed by atoms with Gasteiger partial charge < -0.3 is 5.73 Å². The third kappa shape index (κ3) is 5.14. The van der Waals surface area contributed by atoms with E-state index in [0.717, 1.165) is 17.0 Å². The van der Waals surface area contributed by atoms with Crippen LogP contribution in [0.4, 0.5) is 33.7 Å². The fourth-order valence-corrected chi connectivity index (χ4v) is 4.14. The number of hydrogen-bond donors (Lipinski definition) is 2. The van der Waals surface area contributed by atoms with Crippen LogP contribution in [0.5, 0.6) is 0 Å². The first-order chi connectivity index (χ1) is 15.0.